The van der Waals surface area contributed by atoms with Crippen LogP contribution in [0.2, 0.25) is 0 Å². The second-order valence-electron chi connectivity index (χ2n) is 4.79. The van der Waals surface area contributed by atoms with Crippen LogP contribution in [0.1, 0.15) is 24.8 Å². The van der Waals surface area contributed by atoms with Crippen molar-refractivity contribution in [2.75, 3.05) is 32.1 Å². The van der Waals surface area contributed by atoms with Crippen LogP contribution in [0.4, 0.5) is 5.82 Å². The van der Waals surface area contributed by atoms with E-state index in [1.807, 2.05) is 7.05 Å². The number of rotatable bonds is 2. The van der Waals surface area contributed by atoms with E-state index in [0.717, 1.165) is 29.3 Å². The van der Waals surface area contributed by atoms with Crippen molar-refractivity contribution >= 4 is 21.7 Å². The first kappa shape index (κ1) is 12.3. The van der Waals surface area contributed by atoms with Crippen molar-refractivity contribution in [1.82, 2.24) is 14.9 Å². The van der Waals surface area contributed by atoms with Gasteiger partial charge in [-0.15, -0.1) is 0 Å². The second kappa shape index (κ2) is 5.11. The summed E-state index contributed by atoms with van der Waals surface area (Å²) in [5.74, 6) is 1.58. The number of aromatic nitrogens is 2. The number of ether oxygens (including phenoxy) is 1. The molecule has 1 aromatic rings. The average Bonchev–Trinajstić information content (AvgIpc) is 2.86. The summed E-state index contributed by atoms with van der Waals surface area (Å²) in [6, 6.07) is 0.612. The number of nitrogens with one attached hydrogen (secondary N) is 1. The topological polar surface area (TPSA) is 50.3 Å². The Kier molecular flexibility index (Phi) is 3.50. The molecule has 0 bridgehead atoms. The van der Waals surface area contributed by atoms with Gasteiger partial charge in [0, 0.05) is 25.8 Å². The highest BCUT2D eigenvalue weighted by atomic mass is 79.9. The van der Waals surface area contributed by atoms with E-state index in [9.17, 15) is 0 Å². The van der Waals surface area contributed by atoms with Crippen molar-refractivity contribution in [3.8, 4) is 0 Å². The fraction of sp³-hybridized carbons (Fsp3) is 0.667. The third-order valence-electron chi connectivity index (χ3n) is 3.68. The van der Waals surface area contributed by atoms with Gasteiger partial charge in [-0.25, -0.2) is 9.97 Å². The molecule has 18 heavy (non-hydrogen) atoms. The number of hydrogen-bond donors (Lipinski definition) is 1. The summed E-state index contributed by atoms with van der Waals surface area (Å²) in [4.78, 5) is 11.4. The molecule has 0 aliphatic carbocycles. The molecule has 0 amide bonds. The third-order valence-corrected chi connectivity index (χ3v) is 4.26. The van der Waals surface area contributed by atoms with Crippen molar-refractivity contribution in [2.24, 2.45) is 0 Å². The van der Waals surface area contributed by atoms with Gasteiger partial charge in [0.2, 0.25) is 0 Å². The van der Waals surface area contributed by atoms with Crippen molar-refractivity contribution < 1.29 is 4.74 Å². The number of nitrogens with zero attached hydrogens (tertiary/aromatic N) is 3. The molecule has 1 aromatic heterocycles. The van der Waals surface area contributed by atoms with Crippen molar-refractivity contribution in [2.45, 2.75) is 25.0 Å². The van der Waals surface area contributed by atoms with Gasteiger partial charge in [0.15, 0.2) is 5.82 Å². The van der Waals surface area contributed by atoms with Crippen molar-refractivity contribution in [1.29, 1.82) is 0 Å². The highest BCUT2D eigenvalue weighted by molar-refractivity contribution is 9.10. The van der Waals surface area contributed by atoms with E-state index in [1.54, 1.807) is 6.20 Å². The molecule has 2 aliphatic heterocycles. The van der Waals surface area contributed by atoms with Gasteiger partial charge >= 0.3 is 0 Å². The predicted molar refractivity (Wildman–Crippen MR) is 72.6 cm³/mol. The zero-order valence-electron chi connectivity index (χ0n) is 10.4. The van der Waals surface area contributed by atoms with Crippen LogP contribution in [0.15, 0.2) is 10.7 Å². The van der Waals surface area contributed by atoms with Crippen LogP contribution in [0.3, 0.4) is 0 Å². The SMILES string of the molecule is CNc1nc(C2CN3CCCC3CO2)ncc1Br. The minimum absolute atomic E-state index is 0.000417. The van der Waals surface area contributed by atoms with E-state index >= 15 is 0 Å². The van der Waals surface area contributed by atoms with Crippen molar-refractivity contribution in [3.63, 3.8) is 0 Å². The summed E-state index contributed by atoms with van der Waals surface area (Å²) in [6.45, 7) is 2.90. The van der Waals surface area contributed by atoms with Gasteiger partial charge in [0.05, 0.1) is 11.1 Å². The quantitative estimate of drug-likeness (QED) is 0.902. The molecule has 0 saturated carbocycles. The normalized spacial score (nSPS) is 28.1. The minimum Gasteiger partial charge on any atom is -0.372 e. The monoisotopic (exact) mass is 312 g/mol. The largest absolute Gasteiger partial charge is 0.372 e. The molecule has 2 unspecified atom stereocenters. The lowest BCUT2D eigenvalue weighted by Crippen LogP contribution is -2.42. The first-order valence-corrected chi connectivity index (χ1v) is 7.13. The Labute approximate surface area is 115 Å². The molecule has 0 spiro atoms. The molecular weight excluding hydrogens is 296 g/mol. The summed E-state index contributed by atoms with van der Waals surface area (Å²) < 4.78 is 6.79. The first-order chi connectivity index (χ1) is 8.78. The molecule has 1 N–H and O–H groups in total. The van der Waals surface area contributed by atoms with Crippen LogP contribution < -0.4 is 5.32 Å². The Morgan fingerprint density at radius 2 is 2.44 bits per heavy atom. The molecule has 3 rings (SSSR count). The van der Waals surface area contributed by atoms with Gasteiger partial charge < -0.3 is 10.1 Å². The number of hydrogen-bond acceptors (Lipinski definition) is 5. The van der Waals surface area contributed by atoms with E-state index in [4.69, 9.17) is 4.74 Å². The zero-order chi connectivity index (χ0) is 12.5. The maximum Gasteiger partial charge on any atom is 0.160 e. The molecule has 0 radical (unpaired) electrons. The molecular formula is C12H17BrN4O. The minimum atomic E-state index is -0.000417. The summed E-state index contributed by atoms with van der Waals surface area (Å²) in [5, 5.41) is 3.05. The highest BCUT2D eigenvalue weighted by Crippen LogP contribution is 2.29. The number of fused-ring (bicyclic) bond motifs is 1. The molecule has 98 valence electrons. The van der Waals surface area contributed by atoms with Crippen molar-refractivity contribution in [3.05, 3.63) is 16.5 Å². The smallest absolute Gasteiger partial charge is 0.160 e. The number of halogens is 1. The predicted octanol–water partition coefficient (Wildman–Crippen LogP) is 1.82. The van der Waals surface area contributed by atoms with Crippen LogP contribution in [0.25, 0.3) is 0 Å². The fourth-order valence-corrected chi connectivity index (χ4v) is 3.07. The molecule has 2 atom stereocenters. The van der Waals surface area contributed by atoms with Crippen LogP contribution in [0, 0.1) is 0 Å². The van der Waals surface area contributed by atoms with Crippen LogP contribution in [0.5, 0.6) is 0 Å². The van der Waals surface area contributed by atoms with E-state index in [0.29, 0.717) is 6.04 Å². The summed E-state index contributed by atoms with van der Waals surface area (Å²) in [5.41, 5.74) is 0. The van der Waals surface area contributed by atoms with Gasteiger partial charge in [-0.05, 0) is 35.3 Å². The summed E-state index contributed by atoms with van der Waals surface area (Å²) in [6.07, 6.45) is 4.33. The second-order valence-corrected chi connectivity index (χ2v) is 5.64. The van der Waals surface area contributed by atoms with Crippen LogP contribution >= 0.6 is 15.9 Å². The Morgan fingerprint density at radius 3 is 3.28 bits per heavy atom. The van der Waals surface area contributed by atoms with E-state index in [1.165, 1.54) is 19.4 Å². The number of morpholine rings is 1. The van der Waals surface area contributed by atoms with Gasteiger partial charge in [-0.3, -0.25) is 4.90 Å². The molecule has 6 heteroatoms. The summed E-state index contributed by atoms with van der Waals surface area (Å²) >= 11 is 3.42. The van der Waals surface area contributed by atoms with E-state index in [2.05, 4.69) is 36.1 Å². The lowest BCUT2D eigenvalue weighted by molar-refractivity contribution is -0.0540. The maximum absolute atomic E-state index is 5.91. The van der Waals surface area contributed by atoms with Gasteiger partial charge in [0.1, 0.15) is 11.9 Å². The Bertz CT molecular complexity index is 442. The Hall–Kier alpha value is -0.720. The van der Waals surface area contributed by atoms with Gasteiger partial charge in [-0.2, -0.15) is 0 Å². The average molecular weight is 313 g/mol. The van der Waals surface area contributed by atoms with Crippen LogP contribution in [-0.4, -0.2) is 47.7 Å². The molecule has 2 aliphatic rings. The van der Waals surface area contributed by atoms with E-state index in [-0.39, 0.29) is 6.10 Å². The molecule has 2 saturated heterocycles. The zero-order valence-corrected chi connectivity index (χ0v) is 12.0. The molecule has 3 heterocycles. The van der Waals surface area contributed by atoms with Crippen LogP contribution in [-0.2, 0) is 4.74 Å². The number of anilines is 1. The Balaban J connectivity index is 1.78. The Morgan fingerprint density at radius 1 is 1.56 bits per heavy atom. The lowest BCUT2D eigenvalue weighted by Gasteiger charge is -2.34. The molecule has 0 aromatic carbocycles. The van der Waals surface area contributed by atoms with E-state index < -0.39 is 0 Å². The third kappa shape index (κ3) is 2.24. The highest BCUT2D eigenvalue weighted by Gasteiger charge is 2.34. The standard InChI is InChI=1S/C12H17BrN4O/c1-14-11-9(13)5-15-12(16-11)10-6-17-4-2-3-8(17)7-18-10/h5,8,10H,2-4,6-7H2,1H3,(H,14,15,16). The van der Waals surface area contributed by atoms with Gasteiger partial charge in [0.25, 0.3) is 0 Å². The molecule has 2 fully saturated rings. The fourth-order valence-electron chi connectivity index (χ4n) is 2.68. The lowest BCUT2D eigenvalue weighted by atomic mass is 10.2. The van der Waals surface area contributed by atoms with Gasteiger partial charge in [-0.1, -0.05) is 0 Å². The first-order valence-electron chi connectivity index (χ1n) is 6.34. The molecule has 5 nitrogen and oxygen atoms in total. The summed E-state index contributed by atoms with van der Waals surface area (Å²) in [7, 11) is 1.86. The maximum atomic E-state index is 5.91.